The van der Waals surface area contributed by atoms with Crippen molar-refractivity contribution < 1.29 is 5.11 Å². The van der Waals surface area contributed by atoms with Crippen LogP contribution in [0.5, 0.6) is 5.75 Å². The van der Waals surface area contributed by atoms with Crippen LogP contribution in [0.2, 0.25) is 4.34 Å². The van der Waals surface area contributed by atoms with Gasteiger partial charge in [-0.05, 0) is 24.1 Å². The summed E-state index contributed by atoms with van der Waals surface area (Å²) in [5, 5.41) is 10.6. The van der Waals surface area contributed by atoms with E-state index in [1.807, 2.05) is 12.1 Å². The fourth-order valence-electron chi connectivity index (χ4n) is 1.44. The summed E-state index contributed by atoms with van der Waals surface area (Å²) in [6.45, 7) is 2.09. The number of aromatic hydroxyl groups is 1. The van der Waals surface area contributed by atoms with Gasteiger partial charge in [-0.3, -0.25) is 0 Å². The smallest absolute Gasteiger partial charge is 0.133 e. The van der Waals surface area contributed by atoms with E-state index >= 15 is 0 Å². The summed E-state index contributed by atoms with van der Waals surface area (Å²) in [6, 6.07) is 5.59. The molecule has 0 aliphatic heterocycles. The molecule has 0 unspecified atom stereocenters. The second kappa shape index (κ2) is 3.20. The van der Waals surface area contributed by atoms with Gasteiger partial charge in [0.2, 0.25) is 0 Å². The predicted molar refractivity (Wildman–Crippen MR) is 57.9 cm³/mol. The topological polar surface area (TPSA) is 20.2 Å². The van der Waals surface area contributed by atoms with Gasteiger partial charge in [0.25, 0.3) is 0 Å². The molecule has 3 heteroatoms. The Hall–Kier alpha value is -0.730. The highest BCUT2D eigenvalue weighted by molar-refractivity contribution is 7.23. The molecule has 0 radical (unpaired) electrons. The molecular weight excluding hydrogens is 204 g/mol. The highest BCUT2D eigenvalue weighted by atomic mass is 35.5. The zero-order valence-corrected chi connectivity index (χ0v) is 8.75. The van der Waals surface area contributed by atoms with Gasteiger partial charge in [0, 0.05) is 5.39 Å². The predicted octanol–water partition coefficient (Wildman–Crippen LogP) is 3.82. The second-order valence-electron chi connectivity index (χ2n) is 2.89. The Kier molecular flexibility index (Phi) is 2.18. The molecule has 0 aliphatic carbocycles. The largest absolute Gasteiger partial charge is 0.506 e. The van der Waals surface area contributed by atoms with Gasteiger partial charge in [-0.1, -0.05) is 24.6 Å². The van der Waals surface area contributed by atoms with E-state index in [0.29, 0.717) is 5.75 Å². The third-order valence-electron chi connectivity index (χ3n) is 2.10. The standard InChI is InChI=1S/C10H9ClOS/c1-2-6-3-4-8(12)10-7(6)5-9(11)13-10/h3-5,12H,2H2,1H3. The molecular formula is C10H9ClOS. The zero-order chi connectivity index (χ0) is 9.42. The van der Waals surface area contributed by atoms with Crippen molar-refractivity contribution in [2.75, 3.05) is 0 Å². The fourth-order valence-corrected chi connectivity index (χ4v) is 2.63. The molecule has 0 spiro atoms. The normalized spacial score (nSPS) is 10.9. The zero-order valence-electron chi connectivity index (χ0n) is 7.17. The first-order valence-corrected chi connectivity index (χ1v) is 5.31. The van der Waals surface area contributed by atoms with E-state index in [1.54, 1.807) is 6.07 Å². The summed E-state index contributed by atoms with van der Waals surface area (Å²) in [5.41, 5.74) is 1.23. The Labute approximate surface area is 85.6 Å². The Morgan fingerprint density at radius 2 is 2.23 bits per heavy atom. The third kappa shape index (κ3) is 1.40. The summed E-state index contributed by atoms with van der Waals surface area (Å²) in [4.78, 5) is 0. The Balaban J connectivity index is 2.83. The first kappa shape index (κ1) is 8.85. The number of hydrogen-bond donors (Lipinski definition) is 1. The molecule has 2 aromatic rings. The van der Waals surface area contributed by atoms with Crippen LogP contribution in [0.4, 0.5) is 0 Å². The van der Waals surface area contributed by atoms with E-state index in [2.05, 4.69) is 6.92 Å². The number of aryl methyl sites for hydroxylation is 1. The van der Waals surface area contributed by atoms with Crippen molar-refractivity contribution in [3.63, 3.8) is 0 Å². The monoisotopic (exact) mass is 212 g/mol. The van der Waals surface area contributed by atoms with Crippen molar-refractivity contribution >= 4 is 33.0 Å². The van der Waals surface area contributed by atoms with Crippen LogP contribution >= 0.6 is 22.9 Å². The number of phenolic OH excluding ortho intramolecular Hbond substituents is 1. The summed E-state index contributed by atoms with van der Waals surface area (Å²) in [6.07, 6.45) is 0.962. The summed E-state index contributed by atoms with van der Waals surface area (Å²) >= 11 is 7.32. The number of hydrogen-bond acceptors (Lipinski definition) is 2. The number of phenols is 1. The van der Waals surface area contributed by atoms with Crippen LogP contribution in [-0.4, -0.2) is 5.11 Å². The highest BCUT2D eigenvalue weighted by Gasteiger charge is 2.07. The lowest BCUT2D eigenvalue weighted by atomic mass is 10.1. The number of rotatable bonds is 1. The average Bonchev–Trinajstić information content (AvgIpc) is 2.48. The molecule has 13 heavy (non-hydrogen) atoms. The van der Waals surface area contributed by atoms with Crippen LogP contribution in [0, 0.1) is 0 Å². The van der Waals surface area contributed by atoms with Crippen LogP contribution in [-0.2, 0) is 6.42 Å². The summed E-state index contributed by atoms with van der Waals surface area (Å²) in [5.74, 6) is 0.323. The molecule has 0 aliphatic rings. The van der Waals surface area contributed by atoms with Crippen LogP contribution in [0.15, 0.2) is 18.2 Å². The van der Waals surface area contributed by atoms with E-state index in [0.717, 1.165) is 20.8 Å². The molecule has 1 aromatic heterocycles. The molecule has 1 heterocycles. The molecule has 0 saturated heterocycles. The van der Waals surface area contributed by atoms with E-state index in [-0.39, 0.29) is 0 Å². The maximum absolute atomic E-state index is 9.56. The van der Waals surface area contributed by atoms with Crippen LogP contribution < -0.4 is 0 Å². The van der Waals surface area contributed by atoms with Gasteiger partial charge >= 0.3 is 0 Å². The minimum Gasteiger partial charge on any atom is -0.506 e. The maximum atomic E-state index is 9.56. The molecule has 68 valence electrons. The van der Waals surface area contributed by atoms with E-state index < -0.39 is 0 Å². The van der Waals surface area contributed by atoms with Crippen molar-refractivity contribution in [2.45, 2.75) is 13.3 Å². The highest BCUT2D eigenvalue weighted by Crippen LogP contribution is 2.37. The minimum atomic E-state index is 0.323. The molecule has 0 saturated carbocycles. The van der Waals surface area contributed by atoms with Crippen molar-refractivity contribution in [2.24, 2.45) is 0 Å². The van der Waals surface area contributed by atoms with Crippen molar-refractivity contribution in [1.82, 2.24) is 0 Å². The lowest BCUT2D eigenvalue weighted by Gasteiger charge is -1.99. The molecule has 1 nitrogen and oxygen atoms in total. The van der Waals surface area contributed by atoms with Crippen molar-refractivity contribution in [1.29, 1.82) is 0 Å². The molecule has 1 N–H and O–H groups in total. The lowest BCUT2D eigenvalue weighted by Crippen LogP contribution is -1.79. The SMILES string of the molecule is CCc1ccc(O)c2sc(Cl)cc12. The molecule has 0 bridgehead atoms. The number of fused-ring (bicyclic) bond motifs is 1. The maximum Gasteiger partial charge on any atom is 0.133 e. The molecule has 0 fully saturated rings. The lowest BCUT2D eigenvalue weighted by molar-refractivity contribution is 0.482. The van der Waals surface area contributed by atoms with Crippen LogP contribution in [0.25, 0.3) is 10.1 Å². The first-order valence-electron chi connectivity index (χ1n) is 4.12. The Bertz CT molecular complexity index is 447. The number of halogens is 1. The quantitative estimate of drug-likeness (QED) is 0.762. The van der Waals surface area contributed by atoms with Gasteiger partial charge in [0.15, 0.2) is 0 Å². The first-order chi connectivity index (χ1) is 6.22. The van der Waals surface area contributed by atoms with Crippen molar-refractivity contribution in [3.05, 3.63) is 28.1 Å². The van der Waals surface area contributed by atoms with E-state index in [4.69, 9.17) is 11.6 Å². The Morgan fingerprint density at radius 3 is 2.92 bits per heavy atom. The van der Waals surface area contributed by atoms with Gasteiger partial charge in [-0.15, -0.1) is 11.3 Å². The van der Waals surface area contributed by atoms with Gasteiger partial charge < -0.3 is 5.11 Å². The van der Waals surface area contributed by atoms with Crippen molar-refractivity contribution in [3.8, 4) is 5.75 Å². The molecule has 2 rings (SSSR count). The third-order valence-corrected chi connectivity index (χ3v) is 3.39. The van der Waals surface area contributed by atoms with E-state index in [9.17, 15) is 5.11 Å². The molecule has 0 amide bonds. The van der Waals surface area contributed by atoms with Crippen LogP contribution in [0.1, 0.15) is 12.5 Å². The van der Waals surface area contributed by atoms with Gasteiger partial charge in [0.05, 0.1) is 9.04 Å². The van der Waals surface area contributed by atoms with Gasteiger partial charge in [0.1, 0.15) is 5.75 Å². The van der Waals surface area contributed by atoms with Gasteiger partial charge in [-0.2, -0.15) is 0 Å². The molecule has 0 atom stereocenters. The number of benzene rings is 1. The average molecular weight is 213 g/mol. The van der Waals surface area contributed by atoms with E-state index in [1.165, 1.54) is 16.9 Å². The minimum absolute atomic E-state index is 0.323. The van der Waals surface area contributed by atoms with Crippen LogP contribution in [0.3, 0.4) is 0 Å². The number of thiophene rings is 1. The second-order valence-corrected chi connectivity index (χ2v) is 4.57. The summed E-state index contributed by atoms with van der Waals surface area (Å²) < 4.78 is 1.62. The van der Waals surface area contributed by atoms with Gasteiger partial charge in [-0.25, -0.2) is 0 Å². The fraction of sp³-hybridized carbons (Fsp3) is 0.200. The summed E-state index contributed by atoms with van der Waals surface area (Å²) in [7, 11) is 0. The molecule has 1 aromatic carbocycles. The Morgan fingerprint density at radius 1 is 1.46 bits per heavy atom.